The number of fused-ring (bicyclic) bond motifs is 1. The summed E-state index contributed by atoms with van der Waals surface area (Å²) in [6.07, 6.45) is 4.02. The number of pyridine rings is 1. The van der Waals surface area contributed by atoms with E-state index in [1.807, 2.05) is 30.3 Å². The second kappa shape index (κ2) is 9.42. The number of para-hydroxylation sites is 1. The van der Waals surface area contributed by atoms with Gasteiger partial charge in [0.2, 0.25) is 5.91 Å². The van der Waals surface area contributed by atoms with Crippen LogP contribution in [0.1, 0.15) is 31.2 Å². The van der Waals surface area contributed by atoms with Gasteiger partial charge in [0.05, 0.1) is 12.1 Å². The number of carbonyl (C=O) groups is 2. The number of amides is 2. The van der Waals surface area contributed by atoms with Gasteiger partial charge in [-0.3, -0.25) is 14.7 Å². The molecule has 0 bridgehead atoms. The van der Waals surface area contributed by atoms with Crippen LogP contribution < -0.4 is 5.32 Å². The van der Waals surface area contributed by atoms with Crippen molar-refractivity contribution in [3.63, 3.8) is 0 Å². The molecule has 2 atom stereocenters. The average molecular weight is 475 g/mol. The summed E-state index contributed by atoms with van der Waals surface area (Å²) in [6, 6.07) is 9.20. The number of oxime groups is 1. The van der Waals surface area contributed by atoms with Crippen molar-refractivity contribution in [1.29, 1.82) is 0 Å². The Balaban J connectivity index is 1.33. The maximum atomic E-state index is 12.7. The summed E-state index contributed by atoms with van der Waals surface area (Å²) in [5.41, 5.74) is 1.70. The lowest BCUT2D eigenvalue weighted by Gasteiger charge is -2.34. The molecule has 2 unspecified atom stereocenters. The molecule has 1 saturated heterocycles. The number of rotatable bonds is 5. The molecule has 2 aromatic rings. The van der Waals surface area contributed by atoms with Gasteiger partial charge >= 0.3 is 6.09 Å². The molecule has 0 saturated carbocycles. The van der Waals surface area contributed by atoms with Crippen molar-refractivity contribution in [3.05, 3.63) is 42.1 Å². The van der Waals surface area contributed by atoms with Gasteiger partial charge in [-0.2, -0.15) is 0 Å². The van der Waals surface area contributed by atoms with Gasteiger partial charge in [0.25, 0.3) is 0 Å². The average Bonchev–Trinajstić information content (AvgIpc) is 3.20. The van der Waals surface area contributed by atoms with Crippen molar-refractivity contribution in [2.45, 2.75) is 44.4 Å². The number of piperidine rings is 1. The molecule has 1 aromatic carbocycles. The minimum Gasteiger partial charge on any atom is -0.444 e. The molecule has 0 aliphatic carbocycles. The molecule has 8 nitrogen and oxygen atoms in total. The Morgan fingerprint density at radius 2 is 2.17 bits per heavy atom. The molecule has 2 aliphatic heterocycles. The standard InChI is InChI=1S/C21H23BrN4O4/c22-19-10-16(30-25-19)12-24-20(27)18-7-3-4-8-26(18)21(28)29-13-14-9-15-5-1-2-6-17(15)23-11-14/h1-2,5-6,9,11,16,18H,3-4,7-8,10,12-13H2,(H,24,27). The van der Waals surface area contributed by atoms with Crippen molar-refractivity contribution in [3.8, 4) is 0 Å². The lowest BCUT2D eigenvalue weighted by Crippen LogP contribution is -2.52. The molecule has 1 N–H and O–H groups in total. The van der Waals surface area contributed by atoms with E-state index in [1.54, 1.807) is 6.20 Å². The molecule has 1 fully saturated rings. The van der Waals surface area contributed by atoms with Crippen LogP contribution in [0, 0.1) is 0 Å². The van der Waals surface area contributed by atoms with E-state index in [0.717, 1.165) is 33.9 Å². The SMILES string of the molecule is O=C(NCC1CC(Br)=NO1)C1CCCCN1C(=O)OCc1cnc2ccccc2c1. The Morgan fingerprint density at radius 1 is 1.30 bits per heavy atom. The molecular formula is C21H23BrN4O4. The quantitative estimate of drug-likeness (QED) is 0.716. The van der Waals surface area contributed by atoms with E-state index in [1.165, 1.54) is 4.90 Å². The summed E-state index contributed by atoms with van der Waals surface area (Å²) in [5, 5.41) is 7.68. The maximum absolute atomic E-state index is 12.7. The number of halogens is 1. The number of hydrogen-bond acceptors (Lipinski definition) is 6. The molecule has 9 heteroatoms. The number of nitrogens with one attached hydrogen (secondary N) is 1. The van der Waals surface area contributed by atoms with Crippen LogP contribution in [0.2, 0.25) is 0 Å². The normalized spacial score (nSPS) is 21.1. The summed E-state index contributed by atoms with van der Waals surface area (Å²) >= 11 is 3.28. The van der Waals surface area contributed by atoms with Crippen molar-refractivity contribution in [2.75, 3.05) is 13.1 Å². The van der Waals surface area contributed by atoms with E-state index in [4.69, 9.17) is 9.57 Å². The molecule has 4 rings (SSSR count). The maximum Gasteiger partial charge on any atom is 0.410 e. The number of ether oxygens (including phenoxy) is 1. The minimum atomic E-state index is -0.535. The van der Waals surface area contributed by atoms with Crippen molar-refractivity contribution in [1.82, 2.24) is 15.2 Å². The van der Waals surface area contributed by atoms with Crippen LogP contribution in [0.15, 0.2) is 41.7 Å². The number of aromatic nitrogens is 1. The Kier molecular flexibility index (Phi) is 6.47. The number of likely N-dealkylation sites (tertiary alicyclic amines) is 1. The van der Waals surface area contributed by atoms with Gasteiger partial charge < -0.3 is 14.9 Å². The van der Waals surface area contributed by atoms with E-state index in [0.29, 0.717) is 25.9 Å². The molecular weight excluding hydrogens is 452 g/mol. The number of hydrogen-bond donors (Lipinski definition) is 1. The Bertz CT molecular complexity index is 967. The van der Waals surface area contributed by atoms with Gasteiger partial charge in [-0.25, -0.2) is 4.79 Å². The van der Waals surface area contributed by atoms with Gasteiger partial charge in [-0.15, -0.1) is 0 Å². The zero-order valence-electron chi connectivity index (χ0n) is 16.4. The Hall–Kier alpha value is -2.68. The summed E-state index contributed by atoms with van der Waals surface area (Å²) in [7, 11) is 0. The van der Waals surface area contributed by atoms with Gasteiger partial charge in [-0.05, 0) is 47.3 Å². The van der Waals surface area contributed by atoms with Crippen LogP contribution in [0.4, 0.5) is 4.79 Å². The first-order valence-electron chi connectivity index (χ1n) is 10.0. The fourth-order valence-electron chi connectivity index (χ4n) is 3.68. The van der Waals surface area contributed by atoms with Crippen LogP contribution in [-0.4, -0.2) is 51.7 Å². The first-order chi connectivity index (χ1) is 14.6. The van der Waals surface area contributed by atoms with Crippen LogP contribution in [-0.2, 0) is 21.0 Å². The van der Waals surface area contributed by atoms with Crippen LogP contribution in [0.25, 0.3) is 10.9 Å². The third kappa shape index (κ3) is 4.89. The minimum absolute atomic E-state index is 0.114. The summed E-state index contributed by atoms with van der Waals surface area (Å²) in [4.78, 5) is 36.5. The second-order valence-corrected chi connectivity index (χ2v) is 8.36. The molecule has 158 valence electrons. The van der Waals surface area contributed by atoms with Crippen molar-refractivity contribution in [2.24, 2.45) is 5.16 Å². The molecule has 2 amide bonds. The van der Waals surface area contributed by atoms with Gasteiger partial charge in [0, 0.05) is 30.1 Å². The van der Waals surface area contributed by atoms with Gasteiger partial charge in [0.1, 0.15) is 17.3 Å². The topological polar surface area (TPSA) is 93.1 Å². The molecule has 0 spiro atoms. The highest BCUT2D eigenvalue weighted by atomic mass is 79.9. The Labute approximate surface area is 182 Å². The lowest BCUT2D eigenvalue weighted by molar-refractivity contribution is -0.127. The lowest BCUT2D eigenvalue weighted by atomic mass is 10.0. The summed E-state index contributed by atoms with van der Waals surface area (Å²) in [6.45, 7) is 0.962. The predicted octanol–water partition coefficient (Wildman–Crippen LogP) is 3.34. The van der Waals surface area contributed by atoms with Gasteiger partial charge in [0.15, 0.2) is 6.10 Å². The van der Waals surface area contributed by atoms with Crippen LogP contribution in [0.5, 0.6) is 0 Å². The zero-order chi connectivity index (χ0) is 20.9. The van der Waals surface area contributed by atoms with E-state index in [-0.39, 0.29) is 18.6 Å². The van der Waals surface area contributed by atoms with E-state index < -0.39 is 12.1 Å². The fourth-order valence-corrected chi connectivity index (χ4v) is 4.13. The van der Waals surface area contributed by atoms with Gasteiger partial charge in [-0.1, -0.05) is 23.4 Å². The highest BCUT2D eigenvalue weighted by Crippen LogP contribution is 2.20. The highest BCUT2D eigenvalue weighted by molar-refractivity contribution is 9.18. The highest BCUT2D eigenvalue weighted by Gasteiger charge is 2.33. The molecule has 2 aliphatic rings. The molecule has 30 heavy (non-hydrogen) atoms. The third-order valence-corrected chi connectivity index (χ3v) is 5.72. The predicted molar refractivity (Wildman–Crippen MR) is 115 cm³/mol. The molecule has 3 heterocycles. The van der Waals surface area contributed by atoms with Crippen LogP contribution in [0.3, 0.4) is 0 Å². The first kappa shape index (κ1) is 20.6. The van der Waals surface area contributed by atoms with E-state index in [2.05, 4.69) is 31.4 Å². The largest absolute Gasteiger partial charge is 0.444 e. The van der Waals surface area contributed by atoms with Crippen molar-refractivity contribution < 1.29 is 19.2 Å². The Morgan fingerprint density at radius 3 is 3.00 bits per heavy atom. The molecule has 1 aromatic heterocycles. The van der Waals surface area contributed by atoms with E-state index >= 15 is 0 Å². The number of carbonyl (C=O) groups excluding carboxylic acids is 2. The van der Waals surface area contributed by atoms with Crippen molar-refractivity contribution >= 4 is 43.5 Å². The van der Waals surface area contributed by atoms with E-state index in [9.17, 15) is 9.59 Å². The molecule has 0 radical (unpaired) electrons. The second-order valence-electron chi connectivity index (χ2n) is 7.44. The first-order valence-corrected chi connectivity index (χ1v) is 10.8. The zero-order valence-corrected chi connectivity index (χ0v) is 18.0. The summed E-state index contributed by atoms with van der Waals surface area (Å²) < 4.78 is 6.24. The number of benzene rings is 1. The van der Waals surface area contributed by atoms with Crippen LogP contribution >= 0.6 is 15.9 Å². The number of nitrogens with zero attached hydrogens (tertiary/aromatic N) is 3. The monoisotopic (exact) mass is 474 g/mol. The fraction of sp³-hybridized carbons (Fsp3) is 0.429. The third-order valence-electron chi connectivity index (χ3n) is 5.25. The smallest absolute Gasteiger partial charge is 0.410 e. The summed E-state index contributed by atoms with van der Waals surface area (Å²) in [5.74, 6) is -0.189.